The molecule has 0 spiro atoms. The lowest BCUT2D eigenvalue weighted by molar-refractivity contribution is -0.206. The molecule has 3 aliphatic heterocycles. The molecule has 2 aromatic carbocycles. The maximum Gasteiger partial charge on any atom is 0.142 e. The largest absolute Gasteiger partial charge is 0.490 e. The van der Waals surface area contributed by atoms with E-state index in [-0.39, 0.29) is 25.5 Å². The van der Waals surface area contributed by atoms with Crippen LogP contribution in [0.1, 0.15) is 65.1 Å². The average molecular weight is 604 g/mol. The second kappa shape index (κ2) is 18.5. The van der Waals surface area contributed by atoms with E-state index < -0.39 is 6.10 Å². The number of fused-ring (bicyclic) bond motifs is 1. The van der Waals surface area contributed by atoms with Crippen molar-refractivity contribution in [1.29, 1.82) is 0 Å². The van der Waals surface area contributed by atoms with E-state index in [1.54, 1.807) is 7.11 Å². The highest BCUT2D eigenvalue weighted by molar-refractivity contribution is 5.61. The van der Waals surface area contributed by atoms with Crippen LogP contribution in [0.2, 0.25) is 0 Å². The summed E-state index contributed by atoms with van der Waals surface area (Å²) in [6, 6.07) is 15.2. The molecule has 43 heavy (non-hydrogen) atoms. The molecule has 0 bridgehead atoms. The highest BCUT2D eigenvalue weighted by Gasteiger charge is 2.34. The molecular weight excluding hydrogens is 546 g/mol. The van der Waals surface area contributed by atoms with Crippen LogP contribution in [0.15, 0.2) is 42.5 Å². The van der Waals surface area contributed by atoms with E-state index in [0.29, 0.717) is 33.0 Å². The van der Waals surface area contributed by atoms with Crippen molar-refractivity contribution in [1.82, 2.24) is 10.4 Å². The SMILES string of the molecule is CC.CCc1ccc([C@H]2[C@H](O)CNC[C@@H]2OCc2ccc3c(c2)N(CCCOC)CCO3)cc1.C[C@@H]1COC[C@H](C)N1O.[HH]. The molecule has 0 saturated carbocycles. The summed E-state index contributed by atoms with van der Waals surface area (Å²) in [6.07, 6.45) is 1.45. The van der Waals surface area contributed by atoms with Crippen molar-refractivity contribution in [2.45, 2.75) is 84.3 Å². The van der Waals surface area contributed by atoms with Crippen molar-refractivity contribution in [2.24, 2.45) is 0 Å². The van der Waals surface area contributed by atoms with Gasteiger partial charge in [-0.2, -0.15) is 5.06 Å². The molecule has 0 aliphatic carbocycles. The lowest BCUT2D eigenvalue weighted by Crippen LogP contribution is -2.49. The number of morpholine rings is 1. The number of ether oxygens (including phenoxy) is 4. The van der Waals surface area contributed by atoms with Gasteiger partial charge in [-0.25, -0.2) is 0 Å². The number of methoxy groups -OCH3 is 1. The Balaban J connectivity index is 0.000000480. The van der Waals surface area contributed by atoms with Crippen LogP contribution in [-0.4, -0.2) is 99.4 Å². The van der Waals surface area contributed by atoms with E-state index in [4.69, 9.17) is 18.9 Å². The standard InChI is InChI=1S/C26H36N2O4.C6H13NO2.C2H6.H2/c1-3-19-5-8-21(9-6-19)26-23(29)16-27-17-25(26)32-18-20-7-10-24-22(15-20)28(12-14-31-24)11-4-13-30-2;1-5-3-9-4-6(2)7(5)8;1-2;/h5-10,15,23,25-27,29H,3-4,11-14,16-18H2,1-2H3;5-6,8H,3-4H2,1-2H3;1-2H3;1H/t23-,25+,26+;5-,6+;;/m1.../s1. The third kappa shape index (κ3) is 10.1. The van der Waals surface area contributed by atoms with Gasteiger partial charge in [-0.1, -0.05) is 51.1 Å². The number of benzene rings is 2. The first-order valence-corrected chi connectivity index (χ1v) is 16.0. The number of aliphatic hydroxyl groups excluding tert-OH is 1. The quantitative estimate of drug-likeness (QED) is 0.347. The summed E-state index contributed by atoms with van der Waals surface area (Å²) in [5.74, 6) is 0.898. The summed E-state index contributed by atoms with van der Waals surface area (Å²) in [6.45, 7) is 16.4. The molecule has 5 rings (SSSR count). The minimum Gasteiger partial charge on any atom is -0.490 e. The van der Waals surface area contributed by atoms with Gasteiger partial charge in [0, 0.05) is 40.7 Å². The van der Waals surface area contributed by atoms with Crippen LogP contribution >= 0.6 is 0 Å². The van der Waals surface area contributed by atoms with Gasteiger partial charge in [-0.15, -0.1) is 0 Å². The number of anilines is 1. The van der Waals surface area contributed by atoms with E-state index in [2.05, 4.69) is 53.5 Å². The van der Waals surface area contributed by atoms with Crippen molar-refractivity contribution in [3.05, 3.63) is 59.2 Å². The first-order valence-electron chi connectivity index (χ1n) is 16.0. The maximum absolute atomic E-state index is 10.7. The number of hydrogen-bond acceptors (Lipinski definition) is 9. The lowest BCUT2D eigenvalue weighted by atomic mass is 9.85. The van der Waals surface area contributed by atoms with Crippen molar-refractivity contribution in [3.8, 4) is 5.75 Å². The maximum atomic E-state index is 10.7. The summed E-state index contributed by atoms with van der Waals surface area (Å²) >= 11 is 0. The number of rotatable bonds is 9. The fourth-order valence-corrected chi connectivity index (χ4v) is 5.69. The monoisotopic (exact) mass is 603 g/mol. The van der Waals surface area contributed by atoms with Crippen molar-refractivity contribution >= 4 is 5.69 Å². The van der Waals surface area contributed by atoms with Crippen molar-refractivity contribution in [3.63, 3.8) is 0 Å². The molecule has 3 aliphatic rings. The van der Waals surface area contributed by atoms with Gasteiger partial charge in [-0.3, -0.25) is 0 Å². The molecule has 3 heterocycles. The zero-order chi connectivity index (χ0) is 31.2. The molecule has 3 N–H and O–H groups in total. The van der Waals surface area contributed by atoms with Gasteiger partial charge in [0.2, 0.25) is 0 Å². The molecule has 9 nitrogen and oxygen atoms in total. The van der Waals surface area contributed by atoms with E-state index in [1.807, 2.05) is 33.8 Å². The van der Waals surface area contributed by atoms with Crippen LogP contribution in [0.3, 0.4) is 0 Å². The van der Waals surface area contributed by atoms with Crippen LogP contribution in [0.5, 0.6) is 5.75 Å². The molecule has 5 atom stereocenters. The second-order valence-corrected chi connectivity index (χ2v) is 11.3. The molecule has 0 aromatic heterocycles. The van der Waals surface area contributed by atoms with E-state index in [1.165, 1.54) is 10.6 Å². The van der Waals surface area contributed by atoms with E-state index >= 15 is 0 Å². The Morgan fingerprint density at radius 1 is 1.02 bits per heavy atom. The Labute approximate surface area is 260 Å². The Hall–Kier alpha value is -2.24. The van der Waals surface area contributed by atoms with Gasteiger partial charge in [0.05, 0.1) is 56.3 Å². The third-order valence-electron chi connectivity index (χ3n) is 8.13. The van der Waals surface area contributed by atoms with Crippen LogP contribution < -0.4 is 15.0 Å². The second-order valence-electron chi connectivity index (χ2n) is 11.3. The highest BCUT2D eigenvalue weighted by atomic mass is 16.5. The molecule has 2 saturated heterocycles. The van der Waals surface area contributed by atoms with E-state index in [0.717, 1.165) is 61.6 Å². The molecular formula is C34H57N3O6. The summed E-state index contributed by atoms with van der Waals surface area (Å²) in [7, 11) is 1.74. The number of aryl methyl sites for hydroxylation is 1. The molecule has 2 aromatic rings. The van der Waals surface area contributed by atoms with Crippen LogP contribution in [0.4, 0.5) is 5.69 Å². The van der Waals surface area contributed by atoms with Gasteiger partial charge in [-0.05, 0) is 55.5 Å². The highest BCUT2D eigenvalue weighted by Crippen LogP contribution is 2.34. The van der Waals surface area contributed by atoms with Crippen molar-refractivity contribution < 1.29 is 30.7 Å². The van der Waals surface area contributed by atoms with Gasteiger partial charge < -0.3 is 39.5 Å². The Morgan fingerprint density at radius 2 is 1.72 bits per heavy atom. The molecule has 0 unspecified atom stereocenters. The molecule has 9 heteroatoms. The summed E-state index contributed by atoms with van der Waals surface area (Å²) in [5.41, 5.74) is 4.69. The number of nitrogens with one attached hydrogen (secondary N) is 1. The number of hydrogen-bond donors (Lipinski definition) is 3. The van der Waals surface area contributed by atoms with Gasteiger partial charge in [0.1, 0.15) is 12.4 Å². The molecule has 244 valence electrons. The third-order valence-corrected chi connectivity index (χ3v) is 8.13. The van der Waals surface area contributed by atoms with Gasteiger partial charge >= 0.3 is 0 Å². The van der Waals surface area contributed by atoms with Gasteiger partial charge in [0.15, 0.2) is 0 Å². The van der Waals surface area contributed by atoms with Crippen LogP contribution in [-0.2, 0) is 27.2 Å². The Morgan fingerprint density at radius 3 is 2.37 bits per heavy atom. The smallest absolute Gasteiger partial charge is 0.142 e. The number of piperidine rings is 1. The minimum absolute atomic E-state index is 0. The fraction of sp³-hybridized carbons (Fsp3) is 0.647. The Bertz CT molecular complexity index is 1050. The normalized spacial score (nSPS) is 25.4. The van der Waals surface area contributed by atoms with Gasteiger partial charge in [0.25, 0.3) is 0 Å². The van der Waals surface area contributed by atoms with Crippen LogP contribution in [0, 0.1) is 0 Å². The average Bonchev–Trinajstić information content (AvgIpc) is 3.04. The topological polar surface area (TPSA) is 95.9 Å². The molecule has 0 radical (unpaired) electrons. The summed E-state index contributed by atoms with van der Waals surface area (Å²) in [4.78, 5) is 2.37. The van der Waals surface area contributed by atoms with Crippen molar-refractivity contribution in [2.75, 3.05) is 64.6 Å². The first kappa shape index (κ1) is 35.2. The lowest BCUT2D eigenvalue weighted by Gasteiger charge is -2.36. The fourth-order valence-electron chi connectivity index (χ4n) is 5.69. The zero-order valence-electron chi connectivity index (χ0n) is 27.1. The number of nitrogens with zero attached hydrogens (tertiary/aromatic N) is 2. The number of aliphatic hydroxyl groups is 1. The predicted molar refractivity (Wildman–Crippen MR) is 173 cm³/mol. The number of hydroxylamine groups is 2. The zero-order valence-corrected chi connectivity index (χ0v) is 27.1. The van der Waals surface area contributed by atoms with E-state index in [9.17, 15) is 10.3 Å². The first-order chi connectivity index (χ1) is 20.9. The summed E-state index contributed by atoms with van der Waals surface area (Å²) in [5, 5.41) is 24.6. The minimum atomic E-state index is -0.463. The molecule has 2 fully saturated rings. The summed E-state index contributed by atoms with van der Waals surface area (Å²) < 4.78 is 22.6. The van der Waals surface area contributed by atoms with Crippen LogP contribution in [0.25, 0.3) is 0 Å². The Kier molecular flexibility index (Phi) is 15.2. The predicted octanol–water partition coefficient (Wildman–Crippen LogP) is 4.87. The number of β-amino-alcohol motifs (C(OH)–C–C–N with tert-alkyl or cyclic N) is 1. The molecule has 0 amide bonds.